The van der Waals surface area contributed by atoms with Crippen molar-refractivity contribution in [2.45, 2.75) is 15.9 Å². The number of hydrogen-bond donors (Lipinski definition) is 1. The van der Waals surface area contributed by atoms with Crippen molar-refractivity contribution in [2.75, 3.05) is 11.5 Å². The molecule has 0 aromatic heterocycles. The average Bonchev–Trinajstić information content (AvgIpc) is 2.46. The van der Waals surface area contributed by atoms with E-state index in [9.17, 15) is 13.5 Å². The second-order valence-electron chi connectivity index (χ2n) is 4.52. The van der Waals surface area contributed by atoms with Gasteiger partial charge in [0.2, 0.25) is 0 Å². The molecule has 6 heteroatoms. The normalized spacial score (nSPS) is 13.0. The van der Waals surface area contributed by atoms with Gasteiger partial charge < -0.3 is 5.11 Å². The van der Waals surface area contributed by atoms with Gasteiger partial charge in [-0.1, -0.05) is 35.9 Å². The average molecular weight is 343 g/mol. The van der Waals surface area contributed by atoms with Crippen LogP contribution in [0.3, 0.4) is 0 Å². The fraction of sp³-hybridized carbons (Fsp3) is 0.200. The van der Waals surface area contributed by atoms with Gasteiger partial charge in [-0.15, -0.1) is 11.8 Å². The van der Waals surface area contributed by atoms with E-state index in [0.717, 1.165) is 4.90 Å². The quantitative estimate of drug-likeness (QED) is 0.819. The fourth-order valence-electron chi connectivity index (χ4n) is 1.77. The van der Waals surface area contributed by atoms with Gasteiger partial charge in [-0.25, -0.2) is 8.42 Å². The van der Waals surface area contributed by atoms with Crippen LogP contribution in [-0.2, 0) is 9.84 Å². The van der Waals surface area contributed by atoms with E-state index < -0.39 is 15.9 Å². The van der Waals surface area contributed by atoms with Crippen molar-refractivity contribution in [1.82, 2.24) is 0 Å². The summed E-state index contributed by atoms with van der Waals surface area (Å²) in [4.78, 5) is 1.13. The van der Waals surface area contributed by atoms with Crippen molar-refractivity contribution in [3.63, 3.8) is 0 Å². The first kappa shape index (κ1) is 16.4. The van der Waals surface area contributed by atoms with Crippen LogP contribution in [0.2, 0.25) is 5.02 Å². The lowest BCUT2D eigenvalue weighted by Crippen LogP contribution is -2.23. The number of hydrogen-bond acceptors (Lipinski definition) is 4. The summed E-state index contributed by atoms with van der Waals surface area (Å²) in [5.74, 6) is 0.0109. The predicted molar refractivity (Wildman–Crippen MR) is 86.7 cm³/mol. The Morgan fingerprint density at radius 1 is 1.10 bits per heavy atom. The third-order valence-electron chi connectivity index (χ3n) is 2.75. The lowest BCUT2D eigenvalue weighted by molar-refractivity contribution is 0.222. The Kier molecular flexibility index (Phi) is 5.70. The molecule has 21 heavy (non-hydrogen) atoms. The molecule has 0 bridgehead atoms. The first-order valence-corrected chi connectivity index (χ1v) is 9.33. The van der Waals surface area contributed by atoms with Gasteiger partial charge in [0.25, 0.3) is 0 Å². The van der Waals surface area contributed by atoms with E-state index in [1.54, 1.807) is 30.3 Å². The second-order valence-corrected chi connectivity index (χ2v) is 8.08. The smallest absolute Gasteiger partial charge is 0.180 e. The number of aliphatic hydroxyl groups is 1. The topological polar surface area (TPSA) is 54.4 Å². The highest BCUT2D eigenvalue weighted by Crippen LogP contribution is 2.23. The van der Waals surface area contributed by atoms with Crippen molar-refractivity contribution < 1.29 is 13.5 Å². The molecule has 0 spiro atoms. The second kappa shape index (κ2) is 7.31. The molecule has 2 rings (SSSR count). The molecule has 0 fully saturated rings. The number of thioether (sulfide) groups is 1. The number of halogens is 1. The van der Waals surface area contributed by atoms with Crippen LogP contribution in [-0.4, -0.2) is 31.1 Å². The van der Waals surface area contributed by atoms with Crippen LogP contribution in [0.15, 0.2) is 64.4 Å². The molecular weight excluding hydrogens is 328 g/mol. The maximum absolute atomic E-state index is 12.1. The van der Waals surface area contributed by atoms with Gasteiger partial charge >= 0.3 is 0 Å². The summed E-state index contributed by atoms with van der Waals surface area (Å²) in [7, 11) is -3.46. The highest BCUT2D eigenvalue weighted by atomic mass is 35.5. The zero-order valence-electron chi connectivity index (χ0n) is 11.1. The summed E-state index contributed by atoms with van der Waals surface area (Å²) in [6, 6.07) is 15.4. The maximum atomic E-state index is 12.1. The summed E-state index contributed by atoms with van der Waals surface area (Å²) >= 11 is 7.25. The minimum atomic E-state index is -3.46. The third kappa shape index (κ3) is 5.04. The molecule has 0 saturated heterocycles. The highest BCUT2D eigenvalue weighted by molar-refractivity contribution is 7.99. The van der Waals surface area contributed by atoms with Crippen molar-refractivity contribution in [3.8, 4) is 0 Å². The summed E-state index contributed by atoms with van der Waals surface area (Å²) in [6.07, 6.45) is -0.931. The molecule has 0 aliphatic carbocycles. The third-order valence-corrected chi connectivity index (χ3v) is 5.94. The Labute approximate surface area is 133 Å². The largest absolute Gasteiger partial charge is 0.391 e. The molecule has 0 radical (unpaired) electrons. The van der Waals surface area contributed by atoms with E-state index in [1.807, 2.05) is 12.1 Å². The SMILES string of the molecule is O=S(=O)(CC(O)CSc1cccc(Cl)c1)c1ccccc1. The van der Waals surface area contributed by atoms with Crippen molar-refractivity contribution >= 4 is 33.2 Å². The molecule has 0 heterocycles. The van der Waals surface area contributed by atoms with E-state index in [-0.39, 0.29) is 10.6 Å². The van der Waals surface area contributed by atoms with Crippen LogP contribution < -0.4 is 0 Å². The summed E-state index contributed by atoms with van der Waals surface area (Å²) in [6.45, 7) is 0. The fourth-order valence-corrected chi connectivity index (χ4v) is 4.46. The first-order valence-electron chi connectivity index (χ1n) is 6.31. The zero-order chi connectivity index (χ0) is 15.3. The van der Waals surface area contributed by atoms with Crippen LogP contribution in [0.4, 0.5) is 0 Å². The first-order chi connectivity index (χ1) is 9.97. The Balaban J connectivity index is 1.94. The van der Waals surface area contributed by atoms with E-state index >= 15 is 0 Å². The molecule has 2 aromatic rings. The van der Waals surface area contributed by atoms with Gasteiger partial charge in [0, 0.05) is 15.7 Å². The van der Waals surface area contributed by atoms with Crippen LogP contribution >= 0.6 is 23.4 Å². The van der Waals surface area contributed by atoms with Crippen molar-refractivity contribution in [1.29, 1.82) is 0 Å². The molecule has 112 valence electrons. The number of benzene rings is 2. The molecule has 0 aliphatic rings. The molecule has 0 aliphatic heterocycles. The number of aliphatic hydroxyl groups excluding tert-OH is 1. The van der Waals surface area contributed by atoms with Gasteiger partial charge in [0.1, 0.15) is 0 Å². The van der Waals surface area contributed by atoms with Gasteiger partial charge in [-0.3, -0.25) is 0 Å². The van der Waals surface area contributed by atoms with Crippen LogP contribution in [0.25, 0.3) is 0 Å². The van der Waals surface area contributed by atoms with E-state index in [0.29, 0.717) is 10.8 Å². The molecular formula is C15H15ClO3S2. The zero-order valence-corrected chi connectivity index (χ0v) is 13.5. The van der Waals surface area contributed by atoms with Crippen LogP contribution in [0, 0.1) is 0 Å². The van der Waals surface area contributed by atoms with Gasteiger partial charge in [0.15, 0.2) is 9.84 Å². The molecule has 1 atom stereocenters. The van der Waals surface area contributed by atoms with E-state index in [4.69, 9.17) is 11.6 Å². The molecule has 1 N–H and O–H groups in total. The standard InChI is InChI=1S/C15H15ClO3S2/c16-12-5-4-6-14(9-12)20-10-13(17)11-21(18,19)15-7-2-1-3-8-15/h1-9,13,17H,10-11H2. The van der Waals surface area contributed by atoms with Gasteiger partial charge in [-0.05, 0) is 30.3 Å². The minimum absolute atomic E-state index is 0.233. The molecule has 0 saturated carbocycles. The predicted octanol–water partition coefficient (Wildman–Crippen LogP) is 3.27. The van der Waals surface area contributed by atoms with Crippen molar-refractivity contribution in [2.24, 2.45) is 0 Å². The lowest BCUT2D eigenvalue weighted by atomic mass is 10.4. The minimum Gasteiger partial charge on any atom is -0.391 e. The van der Waals surface area contributed by atoms with Crippen LogP contribution in [0.1, 0.15) is 0 Å². The Morgan fingerprint density at radius 2 is 1.81 bits per heavy atom. The molecule has 0 amide bonds. The molecule has 1 unspecified atom stereocenters. The number of sulfone groups is 1. The lowest BCUT2D eigenvalue weighted by Gasteiger charge is -2.11. The summed E-state index contributed by atoms with van der Waals surface area (Å²) < 4.78 is 24.2. The Morgan fingerprint density at radius 3 is 2.48 bits per heavy atom. The maximum Gasteiger partial charge on any atom is 0.180 e. The summed E-state index contributed by atoms with van der Waals surface area (Å²) in [5, 5.41) is 10.6. The molecule has 3 nitrogen and oxygen atoms in total. The van der Waals surface area contributed by atoms with E-state index in [2.05, 4.69) is 0 Å². The summed E-state index contributed by atoms with van der Waals surface area (Å²) in [5.41, 5.74) is 0. The van der Waals surface area contributed by atoms with Gasteiger partial charge in [0.05, 0.1) is 16.8 Å². The van der Waals surface area contributed by atoms with Crippen molar-refractivity contribution in [3.05, 3.63) is 59.6 Å². The van der Waals surface area contributed by atoms with Gasteiger partial charge in [-0.2, -0.15) is 0 Å². The van der Waals surface area contributed by atoms with E-state index in [1.165, 1.54) is 23.9 Å². The van der Waals surface area contributed by atoms with Crippen LogP contribution in [0.5, 0.6) is 0 Å². The molecule has 2 aromatic carbocycles. The highest BCUT2D eigenvalue weighted by Gasteiger charge is 2.19. The monoisotopic (exact) mass is 342 g/mol. The number of rotatable bonds is 6. The Hall–Kier alpha value is -1.01. The Bertz CT molecular complexity index is 687.